The van der Waals surface area contributed by atoms with E-state index in [9.17, 15) is 9.59 Å². The molecule has 0 atom stereocenters. The number of rotatable bonds is 4. The van der Waals surface area contributed by atoms with Crippen LogP contribution in [0.3, 0.4) is 0 Å². The summed E-state index contributed by atoms with van der Waals surface area (Å²) in [5, 5.41) is 5.62. The first-order valence-electron chi connectivity index (χ1n) is 6.52. The fraction of sp³-hybridized carbons (Fsp3) is 0.615. The molecule has 0 saturated carbocycles. The molecule has 1 amide bonds. The molecular weight excluding hydrogens is 278 g/mol. The highest BCUT2D eigenvalue weighted by Crippen LogP contribution is 2.29. The summed E-state index contributed by atoms with van der Waals surface area (Å²) in [6.07, 6.45) is 0.882. The van der Waals surface area contributed by atoms with Crippen LogP contribution in [-0.2, 0) is 20.7 Å². The van der Waals surface area contributed by atoms with E-state index in [2.05, 4.69) is 15.0 Å². The Morgan fingerprint density at radius 1 is 1.60 bits per heavy atom. The predicted octanol–water partition coefficient (Wildman–Crippen LogP) is 0.963. The molecule has 1 saturated heterocycles. The highest BCUT2D eigenvalue weighted by atomic mass is 32.1. The van der Waals surface area contributed by atoms with Crippen LogP contribution in [0, 0.1) is 0 Å². The Bertz CT molecular complexity index is 513. The summed E-state index contributed by atoms with van der Waals surface area (Å²) in [7, 11) is 1.38. The Morgan fingerprint density at radius 2 is 2.35 bits per heavy atom. The molecule has 110 valence electrons. The molecule has 2 rings (SSSR count). The average molecular weight is 297 g/mol. The van der Waals surface area contributed by atoms with Gasteiger partial charge in [-0.15, -0.1) is 11.3 Å². The van der Waals surface area contributed by atoms with E-state index >= 15 is 0 Å². The number of nitrogens with zero attached hydrogens (tertiary/aromatic N) is 2. The topological polar surface area (TPSA) is 71.5 Å². The minimum absolute atomic E-state index is 0.00932. The number of hydrogen-bond acceptors (Lipinski definition) is 6. The number of ether oxygens (including phenoxy) is 1. The third kappa shape index (κ3) is 2.92. The summed E-state index contributed by atoms with van der Waals surface area (Å²) in [5.74, 6) is -0.229. The number of carbonyl (C=O) groups excluding carboxylic acids is 2. The highest BCUT2D eigenvalue weighted by Gasteiger charge is 2.38. The van der Waals surface area contributed by atoms with Crippen molar-refractivity contribution < 1.29 is 14.3 Å². The predicted molar refractivity (Wildman–Crippen MR) is 76.9 cm³/mol. The minimum atomic E-state index is -0.601. The van der Waals surface area contributed by atoms with Crippen LogP contribution >= 0.6 is 11.3 Å². The number of piperazine rings is 1. The van der Waals surface area contributed by atoms with Gasteiger partial charge in [-0.05, 0) is 13.8 Å². The summed E-state index contributed by atoms with van der Waals surface area (Å²) >= 11 is 1.50. The Labute approximate surface area is 122 Å². The number of amides is 1. The Kier molecular flexibility index (Phi) is 4.27. The van der Waals surface area contributed by atoms with Crippen LogP contribution in [0.1, 0.15) is 26.0 Å². The Hall–Kier alpha value is -1.63. The van der Waals surface area contributed by atoms with Crippen molar-refractivity contribution in [2.75, 3.05) is 25.1 Å². The van der Waals surface area contributed by atoms with Crippen LogP contribution in [-0.4, -0.2) is 42.6 Å². The van der Waals surface area contributed by atoms with Gasteiger partial charge in [0.25, 0.3) is 0 Å². The quantitative estimate of drug-likeness (QED) is 0.838. The highest BCUT2D eigenvalue weighted by molar-refractivity contribution is 7.13. The van der Waals surface area contributed by atoms with Crippen LogP contribution in [0.4, 0.5) is 5.13 Å². The molecule has 1 fully saturated rings. The molecule has 0 aromatic carbocycles. The van der Waals surface area contributed by atoms with Crippen molar-refractivity contribution in [2.24, 2.45) is 0 Å². The lowest BCUT2D eigenvalue weighted by Crippen LogP contribution is -2.62. The molecule has 1 aliphatic heterocycles. The molecule has 0 unspecified atom stereocenters. The van der Waals surface area contributed by atoms with Gasteiger partial charge in [0.1, 0.15) is 5.54 Å². The third-order valence-electron chi connectivity index (χ3n) is 3.43. The zero-order valence-corrected chi connectivity index (χ0v) is 12.7. The lowest BCUT2D eigenvalue weighted by Gasteiger charge is -2.41. The summed E-state index contributed by atoms with van der Waals surface area (Å²) in [5.41, 5.74) is 0.257. The number of thiazole rings is 1. The summed E-state index contributed by atoms with van der Waals surface area (Å²) in [6, 6.07) is 0. The van der Waals surface area contributed by atoms with Gasteiger partial charge in [0.15, 0.2) is 5.13 Å². The van der Waals surface area contributed by atoms with Crippen molar-refractivity contribution in [1.29, 1.82) is 0 Å². The lowest BCUT2D eigenvalue weighted by molar-refractivity contribution is -0.140. The van der Waals surface area contributed by atoms with Gasteiger partial charge in [0, 0.05) is 24.9 Å². The molecule has 1 aromatic heterocycles. The number of aryl methyl sites for hydroxylation is 1. The minimum Gasteiger partial charge on any atom is -0.469 e. The molecule has 6 nitrogen and oxygen atoms in total. The maximum atomic E-state index is 11.9. The number of aromatic nitrogens is 1. The maximum absolute atomic E-state index is 11.9. The number of methoxy groups -OCH3 is 1. The molecule has 7 heteroatoms. The fourth-order valence-electron chi connectivity index (χ4n) is 2.10. The Morgan fingerprint density at radius 3 is 3.05 bits per heavy atom. The largest absolute Gasteiger partial charge is 0.469 e. The summed E-state index contributed by atoms with van der Waals surface area (Å²) < 4.78 is 4.62. The van der Waals surface area contributed by atoms with Gasteiger partial charge < -0.3 is 15.0 Å². The average Bonchev–Trinajstić information content (AvgIpc) is 2.87. The molecule has 2 heterocycles. The van der Waals surface area contributed by atoms with Crippen LogP contribution < -0.4 is 10.2 Å². The summed E-state index contributed by atoms with van der Waals surface area (Å²) in [6.45, 7) is 5.13. The molecule has 0 bridgehead atoms. The SMILES string of the molecule is COC(=O)CCc1csc(N2CCNC(=O)C2(C)C)n1. The van der Waals surface area contributed by atoms with Crippen LogP contribution in [0.15, 0.2) is 5.38 Å². The second-order valence-corrected chi connectivity index (χ2v) is 6.00. The van der Waals surface area contributed by atoms with Crippen molar-refractivity contribution in [1.82, 2.24) is 10.3 Å². The van der Waals surface area contributed by atoms with Gasteiger partial charge in [-0.25, -0.2) is 4.98 Å². The molecule has 0 radical (unpaired) electrons. The van der Waals surface area contributed by atoms with E-state index in [1.165, 1.54) is 18.4 Å². The zero-order valence-electron chi connectivity index (χ0n) is 11.9. The van der Waals surface area contributed by atoms with Gasteiger partial charge in [0.05, 0.1) is 19.2 Å². The number of esters is 1. The van der Waals surface area contributed by atoms with Gasteiger partial charge in [0.2, 0.25) is 5.91 Å². The standard InChI is InChI=1S/C13H19N3O3S/c1-13(2)11(18)14-6-7-16(13)12-15-9(8-20-12)4-5-10(17)19-3/h8H,4-7H2,1-3H3,(H,14,18). The van der Waals surface area contributed by atoms with Crippen molar-refractivity contribution in [3.8, 4) is 0 Å². The molecule has 1 N–H and O–H groups in total. The molecule has 1 aliphatic rings. The van der Waals surface area contributed by atoms with E-state index < -0.39 is 5.54 Å². The van der Waals surface area contributed by atoms with E-state index in [0.29, 0.717) is 19.4 Å². The van der Waals surface area contributed by atoms with Crippen LogP contribution in [0.2, 0.25) is 0 Å². The maximum Gasteiger partial charge on any atom is 0.305 e. The molecule has 20 heavy (non-hydrogen) atoms. The number of nitrogens with one attached hydrogen (secondary N) is 1. The van der Waals surface area contributed by atoms with Crippen LogP contribution in [0.25, 0.3) is 0 Å². The van der Waals surface area contributed by atoms with Crippen molar-refractivity contribution in [2.45, 2.75) is 32.2 Å². The second-order valence-electron chi connectivity index (χ2n) is 5.16. The number of hydrogen-bond donors (Lipinski definition) is 1. The van der Waals surface area contributed by atoms with E-state index in [1.54, 1.807) is 0 Å². The first kappa shape index (κ1) is 14.8. The third-order valence-corrected chi connectivity index (χ3v) is 4.35. The molecular formula is C13H19N3O3S. The molecule has 0 spiro atoms. The van der Waals surface area contributed by atoms with Gasteiger partial charge in [-0.3, -0.25) is 9.59 Å². The smallest absolute Gasteiger partial charge is 0.305 e. The van der Waals surface area contributed by atoms with Gasteiger partial charge in [-0.2, -0.15) is 0 Å². The van der Waals surface area contributed by atoms with Crippen molar-refractivity contribution in [3.05, 3.63) is 11.1 Å². The second kappa shape index (κ2) is 5.78. The fourth-order valence-corrected chi connectivity index (χ4v) is 3.13. The Balaban J connectivity index is 2.08. The first-order chi connectivity index (χ1) is 9.45. The van der Waals surface area contributed by atoms with E-state index in [4.69, 9.17) is 0 Å². The van der Waals surface area contributed by atoms with Crippen molar-refractivity contribution in [3.63, 3.8) is 0 Å². The van der Waals surface area contributed by atoms with E-state index in [0.717, 1.165) is 17.4 Å². The molecule has 1 aromatic rings. The lowest BCUT2D eigenvalue weighted by atomic mass is 10.00. The van der Waals surface area contributed by atoms with Crippen molar-refractivity contribution >= 4 is 28.3 Å². The van der Waals surface area contributed by atoms with E-state index in [1.807, 2.05) is 24.1 Å². The monoisotopic (exact) mass is 297 g/mol. The van der Waals surface area contributed by atoms with E-state index in [-0.39, 0.29) is 11.9 Å². The number of carbonyl (C=O) groups is 2. The van der Waals surface area contributed by atoms with Gasteiger partial charge in [-0.1, -0.05) is 0 Å². The first-order valence-corrected chi connectivity index (χ1v) is 7.40. The molecule has 0 aliphatic carbocycles. The van der Waals surface area contributed by atoms with Crippen LogP contribution in [0.5, 0.6) is 0 Å². The zero-order chi connectivity index (χ0) is 14.8. The van der Waals surface area contributed by atoms with Gasteiger partial charge >= 0.3 is 5.97 Å². The normalized spacial score (nSPS) is 17.8. The summed E-state index contributed by atoms with van der Waals surface area (Å²) in [4.78, 5) is 29.6. The number of anilines is 1.